The van der Waals surface area contributed by atoms with Crippen LogP contribution in [0.4, 0.5) is 4.79 Å². The first kappa shape index (κ1) is 12.5. The Morgan fingerprint density at radius 3 is 2.88 bits per heavy atom. The van der Waals surface area contributed by atoms with Gasteiger partial charge in [-0.25, -0.2) is 4.79 Å². The van der Waals surface area contributed by atoms with Gasteiger partial charge < -0.3 is 19.9 Å². The van der Waals surface area contributed by atoms with Gasteiger partial charge in [0.1, 0.15) is 5.76 Å². The fourth-order valence-corrected chi connectivity index (χ4v) is 1.17. The third-order valence-electron chi connectivity index (χ3n) is 1.94. The molecule has 0 fully saturated rings. The van der Waals surface area contributed by atoms with Crippen molar-refractivity contribution in [1.82, 2.24) is 15.8 Å². The molecule has 0 aliphatic heterocycles. The van der Waals surface area contributed by atoms with Gasteiger partial charge in [0.25, 0.3) is 0 Å². The van der Waals surface area contributed by atoms with Crippen molar-refractivity contribution in [3.8, 4) is 0 Å². The summed E-state index contributed by atoms with van der Waals surface area (Å²) in [7, 11) is 1.59. The summed E-state index contributed by atoms with van der Waals surface area (Å²) in [6.45, 7) is 3.38. The highest BCUT2D eigenvalue weighted by Crippen LogP contribution is 2.00. The number of ether oxygens (including phenoxy) is 1. The molecule has 0 aliphatic carbocycles. The zero-order chi connectivity index (χ0) is 11.8. The Bertz CT molecular complexity index is 325. The van der Waals surface area contributed by atoms with Crippen LogP contribution >= 0.6 is 0 Å². The molecule has 16 heavy (non-hydrogen) atoms. The Morgan fingerprint density at radius 2 is 2.25 bits per heavy atom. The molecule has 90 valence electrons. The maximum atomic E-state index is 11.2. The first-order chi connectivity index (χ1) is 7.72. The molecular formula is C10H17N3O3. The van der Waals surface area contributed by atoms with Crippen molar-refractivity contribution in [3.05, 3.63) is 17.5 Å². The summed E-state index contributed by atoms with van der Waals surface area (Å²) >= 11 is 0. The first-order valence-electron chi connectivity index (χ1n) is 5.15. The number of aromatic nitrogens is 1. The van der Waals surface area contributed by atoms with Crippen LogP contribution in [-0.4, -0.2) is 38.0 Å². The zero-order valence-electron chi connectivity index (χ0n) is 9.58. The molecular weight excluding hydrogens is 210 g/mol. The van der Waals surface area contributed by atoms with Crippen molar-refractivity contribution in [2.24, 2.45) is 0 Å². The molecule has 0 saturated carbocycles. The van der Waals surface area contributed by atoms with Gasteiger partial charge in [-0.1, -0.05) is 5.16 Å². The predicted octanol–water partition coefficient (Wildman–Crippen LogP) is 0.471. The van der Waals surface area contributed by atoms with Crippen molar-refractivity contribution in [2.75, 3.05) is 26.8 Å². The molecule has 6 heteroatoms. The van der Waals surface area contributed by atoms with Gasteiger partial charge in [-0.3, -0.25) is 0 Å². The van der Waals surface area contributed by atoms with E-state index in [9.17, 15) is 4.79 Å². The molecule has 0 atom stereocenters. The van der Waals surface area contributed by atoms with E-state index in [4.69, 9.17) is 9.26 Å². The first-order valence-corrected chi connectivity index (χ1v) is 5.15. The Labute approximate surface area is 94.3 Å². The number of nitrogens with one attached hydrogen (secondary N) is 2. The lowest BCUT2D eigenvalue weighted by Gasteiger charge is -2.05. The standard InChI is InChI=1S/C10H17N3O3/c1-8-7-9(13-16-8)3-4-11-10(14)12-5-6-15-2/h7H,3-6H2,1-2H3,(H2,11,12,14). The maximum Gasteiger partial charge on any atom is 0.314 e. The number of carbonyl (C=O) groups excluding carboxylic acids is 1. The molecule has 1 rings (SSSR count). The lowest BCUT2D eigenvalue weighted by molar-refractivity contribution is 0.196. The summed E-state index contributed by atoms with van der Waals surface area (Å²) in [4.78, 5) is 11.2. The van der Waals surface area contributed by atoms with Gasteiger partial charge in [-0.05, 0) is 6.92 Å². The van der Waals surface area contributed by atoms with Crippen molar-refractivity contribution in [2.45, 2.75) is 13.3 Å². The van der Waals surface area contributed by atoms with Crippen molar-refractivity contribution in [3.63, 3.8) is 0 Å². The van der Waals surface area contributed by atoms with Crippen LogP contribution in [0.3, 0.4) is 0 Å². The molecule has 0 unspecified atom stereocenters. The molecule has 0 saturated heterocycles. The second kappa shape index (κ2) is 6.84. The lowest BCUT2D eigenvalue weighted by atomic mass is 10.3. The zero-order valence-corrected chi connectivity index (χ0v) is 9.58. The van der Waals surface area contributed by atoms with Crippen LogP contribution in [0.25, 0.3) is 0 Å². The molecule has 1 aromatic rings. The normalized spacial score (nSPS) is 10.1. The van der Waals surface area contributed by atoms with E-state index >= 15 is 0 Å². The minimum atomic E-state index is -0.197. The van der Waals surface area contributed by atoms with E-state index in [1.54, 1.807) is 7.11 Å². The predicted molar refractivity (Wildman–Crippen MR) is 58.2 cm³/mol. The van der Waals surface area contributed by atoms with Crippen LogP contribution in [0.1, 0.15) is 11.5 Å². The van der Waals surface area contributed by atoms with Gasteiger partial charge in [0.15, 0.2) is 0 Å². The molecule has 0 radical (unpaired) electrons. The van der Waals surface area contributed by atoms with E-state index in [2.05, 4.69) is 15.8 Å². The lowest BCUT2D eigenvalue weighted by Crippen LogP contribution is -2.38. The Balaban J connectivity index is 2.08. The largest absolute Gasteiger partial charge is 0.383 e. The third kappa shape index (κ3) is 4.79. The molecule has 2 amide bonds. The average molecular weight is 227 g/mol. The molecule has 0 aliphatic rings. The second-order valence-electron chi connectivity index (χ2n) is 3.35. The fraction of sp³-hybridized carbons (Fsp3) is 0.600. The number of carbonyl (C=O) groups is 1. The maximum absolute atomic E-state index is 11.2. The van der Waals surface area contributed by atoms with Gasteiger partial charge in [0, 0.05) is 32.7 Å². The molecule has 1 heterocycles. The quantitative estimate of drug-likeness (QED) is 0.693. The van der Waals surface area contributed by atoms with E-state index < -0.39 is 0 Å². The molecule has 6 nitrogen and oxygen atoms in total. The number of rotatable bonds is 6. The number of aryl methyl sites for hydroxylation is 1. The minimum absolute atomic E-state index is 0.197. The molecule has 0 spiro atoms. The van der Waals surface area contributed by atoms with Crippen LogP contribution < -0.4 is 10.6 Å². The van der Waals surface area contributed by atoms with Gasteiger partial charge in [-0.2, -0.15) is 0 Å². The molecule has 0 aromatic carbocycles. The van der Waals surface area contributed by atoms with Crippen molar-refractivity contribution < 1.29 is 14.1 Å². The van der Waals surface area contributed by atoms with E-state index in [1.807, 2.05) is 13.0 Å². The van der Waals surface area contributed by atoms with Gasteiger partial charge in [0.05, 0.1) is 12.3 Å². The van der Waals surface area contributed by atoms with Crippen LogP contribution in [-0.2, 0) is 11.2 Å². The smallest absolute Gasteiger partial charge is 0.314 e. The van der Waals surface area contributed by atoms with E-state index in [-0.39, 0.29) is 6.03 Å². The van der Waals surface area contributed by atoms with Crippen molar-refractivity contribution in [1.29, 1.82) is 0 Å². The summed E-state index contributed by atoms with van der Waals surface area (Å²) in [5, 5.41) is 9.19. The monoisotopic (exact) mass is 227 g/mol. The Kier molecular flexibility index (Phi) is 5.35. The number of hydrogen-bond donors (Lipinski definition) is 2. The summed E-state index contributed by atoms with van der Waals surface area (Å²) in [5.41, 5.74) is 0.842. The van der Waals surface area contributed by atoms with Gasteiger partial charge in [0.2, 0.25) is 0 Å². The minimum Gasteiger partial charge on any atom is -0.383 e. The number of urea groups is 1. The fourth-order valence-electron chi connectivity index (χ4n) is 1.17. The number of amides is 2. The highest BCUT2D eigenvalue weighted by atomic mass is 16.5. The third-order valence-corrected chi connectivity index (χ3v) is 1.94. The highest BCUT2D eigenvalue weighted by molar-refractivity contribution is 5.73. The number of hydrogen-bond acceptors (Lipinski definition) is 4. The van der Waals surface area contributed by atoms with Gasteiger partial charge in [-0.15, -0.1) is 0 Å². The summed E-state index contributed by atoms with van der Waals surface area (Å²) in [6, 6.07) is 1.65. The van der Waals surface area contributed by atoms with Gasteiger partial charge >= 0.3 is 6.03 Å². The second-order valence-corrected chi connectivity index (χ2v) is 3.35. The van der Waals surface area contributed by atoms with E-state index in [0.29, 0.717) is 26.1 Å². The topological polar surface area (TPSA) is 76.4 Å². The van der Waals surface area contributed by atoms with Crippen molar-refractivity contribution >= 4 is 6.03 Å². The molecule has 1 aromatic heterocycles. The van der Waals surface area contributed by atoms with E-state index in [0.717, 1.165) is 11.5 Å². The number of methoxy groups -OCH3 is 1. The number of nitrogens with zero attached hydrogens (tertiary/aromatic N) is 1. The summed E-state index contributed by atoms with van der Waals surface area (Å²) in [6.07, 6.45) is 0.662. The summed E-state index contributed by atoms with van der Waals surface area (Å²) in [5.74, 6) is 0.777. The molecule has 0 bridgehead atoms. The molecule has 2 N–H and O–H groups in total. The SMILES string of the molecule is COCCNC(=O)NCCc1cc(C)on1. The highest BCUT2D eigenvalue weighted by Gasteiger charge is 2.02. The van der Waals surface area contributed by atoms with Crippen LogP contribution in [0.15, 0.2) is 10.6 Å². The van der Waals surface area contributed by atoms with Crippen LogP contribution in [0.2, 0.25) is 0 Å². The van der Waals surface area contributed by atoms with Crippen LogP contribution in [0.5, 0.6) is 0 Å². The van der Waals surface area contributed by atoms with Crippen LogP contribution in [0, 0.1) is 6.92 Å². The summed E-state index contributed by atoms with van der Waals surface area (Å²) < 4.78 is 9.71. The van der Waals surface area contributed by atoms with E-state index in [1.165, 1.54) is 0 Å². The average Bonchev–Trinajstić information content (AvgIpc) is 2.65. The Hall–Kier alpha value is -1.56. The Morgan fingerprint density at radius 1 is 1.50 bits per heavy atom.